The van der Waals surface area contributed by atoms with Crippen molar-refractivity contribution in [3.05, 3.63) is 82.1 Å². The molecule has 140 valence electrons. The molecule has 5 nitrogen and oxygen atoms in total. The summed E-state index contributed by atoms with van der Waals surface area (Å²) >= 11 is 6.48. The molecule has 1 amide bonds. The van der Waals surface area contributed by atoms with Crippen LogP contribution in [0.4, 0.5) is 0 Å². The maximum Gasteiger partial charge on any atom is 0.256 e. The highest BCUT2D eigenvalue weighted by molar-refractivity contribution is 6.33. The third kappa shape index (κ3) is 4.14. The number of halogens is 1. The maximum absolute atomic E-state index is 12.8. The van der Waals surface area contributed by atoms with Gasteiger partial charge < -0.3 is 10.1 Å². The topological polar surface area (TPSA) is 56.1 Å². The Labute approximate surface area is 163 Å². The molecule has 0 saturated heterocycles. The zero-order chi connectivity index (χ0) is 19.4. The Hall–Kier alpha value is -2.79. The van der Waals surface area contributed by atoms with E-state index in [4.69, 9.17) is 16.3 Å². The van der Waals surface area contributed by atoms with Gasteiger partial charge >= 0.3 is 0 Å². The van der Waals surface area contributed by atoms with E-state index >= 15 is 0 Å². The molecular weight excluding hydrogens is 362 g/mol. The van der Waals surface area contributed by atoms with Crippen LogP contribution in [-0.4, -0.2) is 22.8 Å². The van der Waals surface area contributed by atoms with Gasteiger partial charge in [0.15, 0.2) is 0 Å². The van der Waals surface area contributed by atoms with Gasteiger partial charge in [-0.3, -0.25) is 4.79 Å². The van der Waals surface area contributed by atoms with Crippen LogP contribution in [0, 0.1) is 6.92 Å². The van der Waals surface area contributed by atoms with Gasteiger partial charge in [0.2, 0.25) is 0 Å². The fourth-order valence-electron chi connectivity index (χ4n) is 3.04. The number of nitrogens with zero attached hydrogens (tertiary/aromatic N) is 2. The summed E-state index contributed by atoms with van der Waals surface area (Å²) in [6.45, 7) is 4.21. The molecule has 2 aromatic carbocycles. The van der Waals surface area contributed by atoms with Gasteiger partial charge in [-0.15, -0.1) is 0 Å². The lowest BCUT2D eigenvalue weighted by Crippen LogP contribution is -2.27. The van der Waals surface area contributed by atoms with Gasteiger partial charge in [0.1, 0.15) is 10.9 Å². The molecular formula is C21H22ClN3O2. The number of amides is 1. The third-order valence-corrected chi connectivity index (χ3v) is 4.80. The standard InChI is InChI=1S/C21H22ClN3O2/c1-14(17-11-7-8-12-18(17)27-3)23-21(26)19-15(2)24-25(20(19)22)13-16-9-5-4-6-10-16/h4-12,14H,13H2,1-3H3,(H,23,26). The number of nitrogens with one attached hydrogen (secondary N) is 1. The van der Waals surface area contributed by atoms with E-state index < -0.39 is 0 Å². The summed E-state index contributed by atoms with van der Waals surface area (Å²) in [6, 6.07) is 17.2. The molecule has 6 heteroatoms. The number of aryl methyl sites for hydroxylation is 1. The summed E-state index contributed by atoms with van der Waals surface area (Å²) in [6.07, 6.45) is 0. The molecule has 0 bridgehead atoms. The van der Waals surface area contributed by atoms with E-state index in [0.29, 0.717) is 23.0 Å². The first kappa shape index (κ1) is 19.0. The van der Waals surface area contributed by atoms with Crippen LogP contribution in [0.25, 0.3) is 0 Å². The molecule has 1 unspecified atom stereocenters. The number of methoxy groups -OCH3 is 1. The summed E-state index contributed by atoms with van der Waals surface area (Å²) in [7, 11) is 1.61. The van der Waals surface area contributed by atoms with Crippen LogP contribution in [0.15, 0.2) is 54.6 Å². The number of aromatic nitrogens is 2. The van der Waals surface area contributed by atoms with E-state index in [-0.39, 0.29) is 11.9 Å². The lowest BCUT2D eigenvalue weighted by Gasteiger charge is -2.17. The van der Waals surface area contributed by atoms with Gasteiger partial charge in [-0.25, -0.2) is 4.68 Å². The van der Waals surface area contributed by atoms with Crippen LogP contribution >= 0.6 is 11.6 Å². The second kappa shape index (κ2) is 8.27. The fraction of sp³-hybridized carbons (Fsp3) is 0.238. The Morgan fingerprint density at radius 1 is 1.19 bits per heavy atom. The van der Waals surface area contributed by atoms with Crippen molar-refractivity contribution in [3.8, 4) is 5.75 Å². The van der Waals surface area contributed by atoms with Crippen molar-refractivity contribution in [3.63, 3.8) is 0 Å². The van der Waals surface area contributed by atoms with Crippen LogP contribution in [0.3, 0.4) is 0 Å². The minimum Gasteiger partial charge on any atom is -0.496 e. The zero-order valence-electron chi connectivity index (χ0n) is 15.6. The number of ether oxygens (including phenoxy) is 1. The number of carbonyl (C=O) groups excluding carboxylic acids is 1. The predicted octanol–water partition coefficient (Wildman–Crippen LogP) is 4.39. The molecule has 3 aromatic rings. The largest absolute Gasteiger partial charge is 0.496 e. The first-order valence-corrected chi connectivity index (χ1v) is 9.09. The van der Waals surface area contributed by atoms with Crippen molar-refractivity contribution in [1.82, 2.24) is 15.1 Å². The Morgan fingerprint density at radius 3 is 2.56 bits per heavy atom. The molecule has 0 spiro atoms. The fourth-order valence-corrected chi connectivity index (χ4v) is 3.36. The SMILES string of the molecule is COc1ccccc1C(C)NC(=O)c1c(C)nn(Cc2ccccc2)c1Cl. The van der Waals surface area contributed by atoms with Crippen molar-refractivity contribution in [2.24, 2.45) is 0 Å². The van der Waals surface area contributed by atoms with Gasteiger partial charge in [0.25, 0.3) is 5.91 Å². The molecule has 1 heterocycles. The molecule has 1 atom stereocenters. The molecule has 0 saturated carbocycles. The highest BCUT2D eigenvalue weighted by Crippen LogP contribution is 2.26. The van der Waals surface area contributed by atoms with Gasteiger partial charge in [-0.1, -0.05) is 60.1 Å². The van der Waals surface area contributed by atoms with Crippen molar-refractivity contribution < 1.29 is 9.53 Å². The number of benzene rings is 2. The Balaban J connectivity index is 1.81. The summed E-state index contributed by atoms with van der Waals surface area (Å²) in [5, 5.41) is 7.76. The van der Waals surface area contributed by atoms with Gasteiger partial charge in [0.05, 0.1) is 31.0 Å². The second-order valence-corrected chi connectivity index (χ2v) is 6.69. The van der Waals surface area contributed by atoms with Crippen molar-refractivity contribution >= 4 is 17.5 Å². The average molecular weight is 384 g/mol. The van der Waals surface area contributed by atoms with Gasteiger partial charge in [-0.2, -0.15) is 5.10 Å². The minimum absolute atomic E-state index is 0.235. The second-order valence-electron chi connectivity index (χ2n) is 6.33. The molecule has 1 aromatic heterocycles. The van der Waals surface area contributed by atoms with Crippen LogP contribution in [0.5, 0.6) is 5.75 Å². The lowest BCUT2D eigenvalue weighted by molar-refractivity contribution is 0.0939. The number of carbonyl (C=O) groups is 1. The molecule has 0 radical (unpaired) electrons. The van der Waals surface area contributed by atoms with Crippen molar-refractivity contribution in [2.75, 3.05) is 7.11 Å². The molecule has 27 heavy (non-hydrogen) atoms. The summed E-state index contributed by atoms with van der Waals surface area (Å²) in [5.74, 6) is 0.475. The highest BCUT2D eigenvalue weighted by atomic mass is 35.5. The van der Waals surface area contributed by atoms with Crippen LogP contribution < -0.4 is 10.1 Å². The first-order valence-electron chi connectivity index (χ1n) is 8.72. The number of hydrogen-bond acceptors (Lipinski definition) is 3. The van der Waals surface area contributed by atoms with E-state index in [1.54, 1.807) is 18.7 Å². The summed E-state index contributed by atoms with van der Waals surface area (Å²) < 4.78 is 7.03. The average Bonchev–Trinajstić information content (AvgIpc) is 2.95. The number of para-hydroxylation sites is 1. The smallest absolute Gasteiger partial charge is 0.256 e. The normalized spacial score (nSPS) is 11.9. The van der Waals surface area contributed by atoms with Crippen molar-refractivity contribution in [2.45, 2.75) is 26.4 Å². The molecule has 3 rings (SSSR count). The van der Waals surface area contributed by atoms with E-state index in [1.165, 1.54) is 0 Å². The van der Waals surface area contributed by atoms with E-state index in [9.17, 15) is 4.79 Å². The Kier molecular flexibility index (Phi) is 5.81. The van der Waals surface area contributed by atoms with E-state index in [2.05, 4.69) is 10.4 Å². The molecule has 0 fully saturated rings. The summed E-state index contributed by atoms with van der Waals surface area (Å²) in [4.78, 5) is 12.8. The third-order valence-electron chi connectivity index (χ3n) is 4.42. The Morgan fingerprint density at radius 2 is 1.85 bits per heavy atom. The number of rotatable bonds is 6. The number of hydrogen-bond donors (Lipinski definition) is 1. The molecule has 0 aliphatic rings. The lowest BCUT2D eigenvalue weighted by atomic mass is 10.1. The van der Waals surface area contributed by atoms with Gasteiger partial charge in [0, 0.05) is 5.56 Å². The molecule has 1 N–H and O–H groups in total. The van der Waals surface area contributed by atoms with E-state index in [0.717, 1.165) is 16.9 Å². The molecule has 0 aliphatic heterocycles. The van der Waals surface area contributed by atoms with Crippen LogP contribution in [0.1, 0.15) is 40.1 Å². The monoisotopic (exact) mass is 383 g/mol. The quantitative estimate of drug-likeness (QED) is 0.686. The van der Waals surface area contributed by atoms with Crippen LogP contribution in [-0.2, 0) is 6.54 Å². The molecule has 0 aliphatic carbocycles. The van der Waals surface area contributed by atoms with Crippen LogP contribution in [0.2, 0.25) is 5.15 Å². The Bertz CT molecular complexity index is 938. The zero-order valence-corrected chi connectivity index (χ0v) is 16.3. The first-order chi connectivity index (χ1) is 13.0. The van der Waals surface area contributed by atoms with Crippen molar-refractivity contribution in [1.29, 1.82) is 0 Å². The van der Waals surface area contributed by atoms with Gasteiger partial charge in [-0.05, 0) is 25.5 Å². The minimum atomic E-state index is -0.254. The summed E-state index contributed by atoms with van der Waals surface area (Å²) in [5.41, 5.74) is 2.96. The maximum atomic E-state index is 12.8. The predicted molar refractivity (Wildman–Crippen MR) is 106 cm³/mol. The highest BCUT2D eigenvalue weighted by Gasteiger charge is 2.23. The van der Waals surface area contributed by atoms with E-state index in [1.807, 2.05) is 61.5 Å².